The van der Waals surface area contributed by atoms with Gasteiger partial charge in [-0.3, -0.25) is 0 Å². The van der Waals surface area contributed by atoms with Gasteiger partial charge in [-0.05, 0) is 86.6 Å². The molecule has 0 heterocycles. The summed E-state index contributed by atoms with van der Waals surface area (Å²) in [6, 6.07) is 10.0. The van der Waals surface area contributed by atoms with Crippen molar-refractivity contribution in [1.29, 1.82) is 0 Å². The summed E-state index contributed by atoms with van der Waals surface area (Å²) in [7, 11) is 0. The molecule has 0 atom stereocenters. The molecular formula is C24H28F2O. The second-order valence-electron chi connectivity index (χ2n) is 7.40. The van der Waals surface area contributed by atoms with Gasteiger partial charge in [0, 0.05) is 5.56 Å². The molecular weight excluding hydrogens is 342 g/mol. The van der Waals surface area contributed by atoms with Gasteiger partial charge in [0.25, 0.3) is 0 Å². The summed E-state index contributed by atoms with van der Waals surface area (Å²) in [5, 5.41) is 0. The number of halogens is 2. The van der Waals surface area contributed by atoms with Crippen LogP contribution in [0.3, 0.4) is 0 Å². The molecule has 0 amide bonds. The monoisotopic (exact) mass is 370 g/mol. The number of ether oxygens (including phenoxy) is 1. The van der Waals surface area contributed by atoms with E-state index in [0.29, 0.717) is 23.7 Å². The van der Waals surface area contributed by atoms with E-state index in [1.54, 1.807) is 31.2 Å². The van der Waals surface area contributed by atoms with Crippen LogP contribution < -0.4 is 4.74 Å². The molecule has 0 saturated heterocycles. The van der Waals surface area contributed by atoms with Crippen molar-refractivity contribution >= 4 is 0 Å². The average molecular weight is 370 g/mol. The van der Waals surface area contributed by atoms with Gasteiger partial charge in [-0.2, -0.15) is 0 Å². The first kappa shape index (κ1) is 19.6. The van der Waals surface area contributed by atoms with Crippen molar-refractivity contribution in [2.24, 2.45) is 5.92 Å². The molecule has 0 radical (unpaired) electrons. The zero-order valence-corrected chi connectivity index (χ0v) is 16.0. The summed E-state index contributed by atoms with van der Waals surface area (Å²) < 4.78 is 34.1. The fraction of sp³-hybridized carbons (Fsp3) is 0.417. The number of hydrogen-bond donors (Lipinski definition) is 0. The molecule has 0 aliphatic heterocycles. The molecule has 1 fully saturated rings. The fourth-order valence-corrected chi connectivity index (χ4v) is 4.10. The fourth-order valence-electron chi connectivity index (χ4n) is 4.10. The van der Waals surface area contributed by atoms with Gasteiger partial charge >= 0.3 is 0 Å². The molecule has 2 aromatic carbocycles. The van der Waals surface area contributed by atoms with Crippen molar-refractivity contribution in [3.05, 3.63) is 66.3 Å². The van der Waals surface area contributed by atoms with Gasteiger partial charge in [-0.1, -0.05) is 24.3 Å². The summed E-state index contributed by atoms with van der Waals surface area (Å²) in [5.41, 5.74) is 2.03. The van der Waals surface area contributed by atoms with Gasteiger partial charge < -0.3 is 4.74 Å². The lowest BCUT2D eigenvalue weighted by Crippen LogP contribution is -2.13. The standard InChI is InChI=1S/C24H28F2O/c1-3-5-6-17-7-9-18(10-8-17)19-11-13-21(22(25)15-19)20-12-14-24(27-4-2)23(26)16-20/h3,11-18H,1,4-10H2,2H3. The minimum atomic E-state index is -0.462. The highest BCUT2D eigenvalue weighted by atomic mass is 19.1. The predicted octanol–water partition coefficient (Wildman–Crippen LogP) is 7.27. The van der Waals surface area contributed by atoms with E-state index in [-0.39, 0.29) is 11.6 Å². The Morgan fingerprint density at radius 3 is 2.44 bits per heavy atom. The van der Waals surface area contributed by atoms with Gasteiger partial charge in [0.15, 0.2) is 11.6 Å². The predicted molar refractivity (Wildman–Crippen MR) is 107 cm³/mol. The SMILES string of the molecule is C=CCCC1CCC(c2ccc(-c3ccc(OCC)c(F)c3)c(F)c2)CC1. The van der Waals surface area contributed by atoms with Crippen LogP contribution in [-0.4, -0.2) is 6.61 Å². The number of benzene rings is 2. The van der Waals surface area contributed by atoms with Crippen LogP contribution in [0.25, 0.3) is 11.1 Å². The van der Waals surface area contributed by atoms with Crippen LogP contribution in [0.15, 0.2) is 49.1 Å². The second-order valence-corrected chi connectivity index (χ2v) is 7.40. The molecule has 3 rings (SSSR count). The minimum Gasteiger partial charge on any atom is -0.491 e. The highest BCUT2D eigenvalue weighted by molar-refractivity contribution is 5.65. The first-order valence-corrected chi connectivity index (χ1v) is 9.95. The van der Waals surface area contributed by atoms with E-state index in [2.05, 4.69) is 6.58 Å². The van der Waals surface area contributed by atoms with Gasteiger partial charge in [0.1, 0.15) is 5.82 Å². The summed E-state index contributed by atoms with van der Waals surface area (Å²) in [6.07, 6.45) is 8.91. The average Bonchev–Trinajstić information content (AvgIpc) is 2.68. The molecule has 1 saturated carbocycles. The number of rotatable bonds is 7. The van der Waals surface area contributed by atoms with Crippen molar-refractivity contribution in [3.8, 4) is 16.9 Å². The van der Waals surface area contributed by atoms with E-state index in [1.165, 1.54) is 25.3 Å². The Labute approximate surface area is 161 Å². The third-order valence-electron chi connectivity index (χ3n) is 5.63. The van der Waals surface area contributed by atoms with Crippen molar-refractivity contribution in [3.63, 3.8) is 0 Å². The topological polar surface area (TPSA) is 9.23 Å². The van der Waals surface area contributed by atoms with E-state index >= 15 is 0 Å². The largest absolute Gasteiger partial charge is 0.491 e. The third-order valence-corrected chi connectivity index (χ3v) is 5.63. The van der Waals surface area contributed by atoms with Crippen LogP contribution in [0.4, 0.5) is 8.78 Å². The minimum absolute atomic E-state index is 0.200. The Kier molecular flexibility index (Phi) is 6.65. The maximum atomic E-state index is 14.7. The number of hydrogen-bond acceptors (Lipinski definition) is 1. The molecule has 0 N–H and O–H groups in total. The molecule has 0 bridgehead atoms. The summed E-state index contributed by atoms with van der Waals surface area (Å²) in [4.78, 5) is 0. The first-order chi connectivity index (χ1) is 13.1. The molecule has 27 heavy (non-hydrogen) atoms. The summed E-state index contributed by atoms with van der Waals surface area (Å²) >= 11 is 0. The summed E-state index contributed by atoms with van der Waals surface area (Å²) in [6.45, 7) is 6.00. The molecule has 0 aromatic heterocycles. The molecule has 0 spiro atoms. The van der Waals surface area contributed by atoms with Crippen LogP contribution in [0.5, 0.6) is 5.75 Å². The third kappa shape index (κ3) is 4.77. The Morgan fingerprint density at radius 2 is 1.81 bits per heavy atom. The lowest BCUT2D eigenvalue weighted by atomic mass is 9.77. The van der Waals surface area contributed by atoms with Crippen LogP contribution >= 0.6 is 0 Å². The Morgan fingerprint density at radius 1 is 1.04 bits per heavy atom. The summed E-state index contributed by atoms with van der Waals surface area (Å²) in [5.74, 6) is 0.646. The lowest BCUT2D eigenvalue weighted by Gasteiger charge is -2.28. The molecule has 1 aliphatic carbocycles. The van der Waals surface area contributed by atoms with Crippen LogP contribution in [0.2, 0.25) is 0 Å². The van der Waals surface area contributed by atoms with Crippen LogP contribution in [0, 0.1) is 17.6 Å². The molecule has 1 nitrogen and oxygen atoms in total. The van der Waals surface area contributed by atoms with E-state index in [1.807, 2.05) is 12.1 Å². The Bertz CT molecular complexity index is 776. The maximum Gasteiger partial charge on any atom is 0.165 e. The van der Waals surface area contributed by atoms with Gasteiger partial charge in [0.05, 0.1) is 6.61 Å². The van der Waals surface area contributed by atoms with Crippen molar-refractivity contribution in [2.75, 3.05) is 6.61 Å². The zero-order chi connectivity index (χ0) is 19.2. The smallest absolute Gasteiger partial charge is 0.165 e. The van der Waals surface area contributed by atoms with Crippen LogP contribution in [-0.2, 0) is 0 Å². The maximum absolute atomic E-state index is 14.7. The van der Waals surface area contributed by atoms with E-state index in [9.17, 15) is 8.78 Å². The second kappa shape index (κ2) is 9.16. The van der Waals surface area contributed by atoms with E-state index < -0.39 is 5.82 Å². The first-order valence-electron chi connectivity index (χ1n) is 9.95. The van der Waals surface area contributed by atoms with Crippen molar-refractivity contribution in [1.82, 2.24) is 0 Å². The molecule has 0 unspecified atom stereocenters. The number of allylic oxidation sites excluding steroid dienone is 1. The quantitative estimate of drug-likeness (QED) is 0.466. The van der Waals surface area contributed by atoms with Gasteiger partial charge in [-0.15, -0.1) is 6.58 Å². The normalized spacial score (nSPS) is 19.7. The Hall–Kier alpha value is -2.16. The molecule has 3 heteroatoms. The lowest BCUT2D eigenvalue weighted by molar-refractivity contribution is 0.311. The van der Waals surface area contributed by atoms with Gasteiger partial charge in [0.2, 0.25) is 0 Å². The van der Waals surface area contributed by atoms with Crippen LogP contribution in [0.1, 0.15) is 56.9 Å². The van der Waals surface area contributed by atoms with Crippen molar-refractivity contribution < 1.29 is 13.5 Å². The van der Waals surface area contributed by atoms with Gasteiger partial charge in [-0.25, -0.2) is 8.78 Å². The molecule has 144 valence electrons. The molecule has 2 aromatic rings. The van der Waals surface area contributed by atoms with E-state index in [4.69, 9.17) is 4.74 Å². The highest BCUT2D eigenvalue weighted by Gasteiger charge is 2.22. The van der Waals surface area contributed by atoms with E-state index in [0.717, 1.165) is 30.7 Å². The van der Waals surface area contributed by atoms with Crippen molar-refractivity contribution in [2.45, 2.75) is 51.4 Å². The highest BCUT2D eigenvalue weighted by Crippen LogP contribution is 2.39. The zero-order valence-electron chi connectivity index (χ0n) is 16.0. The Balaban J connectivity index is 1.71. The molecule has 1 aliphatic rings.